The first-order chi connectivity index (χ1) is 6.33. The topological polar surface area (TPSA) is 35.5 Å². The molecule has 2 heterocycles. The van der Waals surface area contributed by atoms with Crippen LogP contribution in [0.25, 0.3) is 0 Å². The van der Waals surface area contributed by atoms with Crippen molar-refractivity contribution in [3.8, 4) is 0 Å². The van der Waals surface area contributed by atoms with Crippen LogP contribution < -0.4 is 0 Å². The zero-order valence-corrected chi connectivity index (χ0v) is 7.36. The van der Waals surface area contributed by atoms with Crippen LogP contribution in [0.3, 0.4) is 0 Å². The Morgan fingerprint density at radius 2 is 2.46 bits per heavy atom. The summed E-state index contributed by atoms with van der Waals surface area (Å²) in [5.41, 5.74) is 0.669. The van der Waals surface area contributed by atoms with Gasteiger partial charge in [-0.1, -0.05) is 6.08 Å². The fraction of sp³-hybridized carbons (Fsp3) is 0.500. The Labute approximate surface area is 77.0 Å². The Kier molecular flexibility index (Phi) is 2.08. The molecule has 0 saturated carbocycles. The maximum atomic E-state index is 11.3. The monoisotopic (exact) mass is 180 g/mol. The van der Waals surface area contributed by atoms with Gasteiger partial charge in [-0.25, -0.2) is 4.79 Å². The Morgan fingerprint density at radius 1 is 1.62 bits per heavy atom. The van der Waals surface area contributed by atoms with Crippen LogP contribution in [0.4, 0.5) is 0 Å². The van der Waals surface area contributed by atoms with E-state index in [1.165, 1.54) is 6.26 Å². The average molecular weight is 180 g/mol. The molecule has 1 fully saturated rings. The number of rotatable bonds is 1. The predicted molar refractivity (Wildman–Crippen MR) is 46.8 cm³/mol. The van der Waals surface area contributed by atoms with Crippen molar-refractivity contribution >= 4 is 5.97 Å². The van der Waals surface area contributed by atoms with E-state index in [0.29, 0.717) is 18.8 Å². The number of hydrogen-bond acceptors (Lipinski definition) is 3. The highest BCUT2D eigenvalue weighted by atomic mass is 16.5. The molecular weight excluding hydrogens is 168 g/mol. The van der Waals surface area contributed by atoms with Gasteiger partial charge < -0.3 is 9.47 Å². The Bertz CT molecular complexity index is 267. The molecular formula is C10H12O3. The van der Waals surface area contributed by atoms with Gasteiger partial charge in [0, 0.05) is 11.8 Å². The van der Waals surface area contributed by atoms with Gasteiger partial charge in [-0.2, -0.15) is 0 Å². The quantitative estimate of drug-likeness (QED) is 0.450. The van der Waals surface area contributed by atoms with E-state index < -0.39 is 0 Å². The number of hydrogen-bond donors (Lipinski definition) is 0. The molecule has 3 heteroatoms. The summed E-state index contributed by atoms with van der Waals surface area (Å²) in [7, 11) is 0. The Hall–Kier alpha value is -1.25. The molecule has 0 radical (unpaired) electrons. The molecule has 0 bridgehead atoms. The smallest absolute Gasteiger partial charge is 0.337 e. The van der Waals surface area contributed by atoms with E-state index >= 15 is 0 Å². The fourth-order valence-electron chi connectivity index (χ4n) is 1.85. The van der Waals surface area contributed by atoms with Gasteiger partial charge >= 0.3 is 5.97 Å². The van der Waals surface area contributed by atoms with Gasteiger partial charge in [-0.3, -0.25) is 0 Å². The summed E-state index contributed by atoms with van der Waals surface area (Å²) in [6.45, 7) is 4.89. The van der Waals surface area contributed by atoms with E-state index in [1.54, 1.807) is 0 Å². The molecule has 1 saturated heterocycles. The molecule has 2 rings (SSSR count). The molecule has 70 valence electrons. The second kappa shape index (κ2) is 3.24. The molecule has 3 nitrogen and oxygen atoms in total. The number of cyclic esters (lactones) is 1. The lowest BCUT2D eigenvalue weighted by Crippen LogP contribution is -2.33. The summed E-state index contributed by atoms with van der Waals surface area (Å²) in [6.07, 6.45) is 4.28. The molecule has 2 atom stereocenters. The Balaban J connectivity index is 2.25. The van der Waals surface area contributed by atoms with Crippen LogP contribution in [0.2, 0.25) is 0 Å². The van der Waals surface area contributed by atoms with Gasteiger partial charge in [0.2, 0.25) is 0 Å². The van der Waals surface area contributed by atoms with Crippen molar-refractivity contribution < 1.29 is 14.3 Å². The zero-order valence-electron chi connectivity index (χ0n) is 7.36. The van der Waals surface area contributed by atoms with E-state index in [0.717, 1.165) is 6.42 Å². The molecule has 0 aromatic rings. The molecule has 2 aliphatic rings. The van der Waals surface area contributed by atoms with Gasteiger partial charge in [0.25, 0.3) is 0 Å². The van der Waals surface area contributed by atoms with Gasteiger partial charge in [-0.15, -0.1) is 6.58 Å². The molecule has 2 aliphatic heterocycles. The third-order valence-corrected chi connectivity index (χ3v) is 2.62. The number of ether oxygens (including phenoxy) is 2. The summed E-state index contributed by atoms with van der Waals surface area (Å²) >= 11 is 0. The minimum absolute atomic E-state index is 0.234. The van der Waals surface area contributed by atoms with Crippen molar-refractivity contribution in [3.63, 3.8) is 0 Å². The fourth-order valence-corrected chi connectivity index (χ4v) is 1.85. The van der Waals surface area contributed by atoms with Gasteiger partial charge in [0.15, 0.2) is 0 Å². The molecule has 0 amide bonds. The first-order valence-electron chi connectivity index (χ1n) is 4.44. The van der Waals surface area contributed by atoms with Crippen LogP contribution in [-0.2, 0) is 14.3 Å². The van der Waals surface area contributed by atoms with Crippen molar-refractivity contribution in [2.75, 3.05) is 13.2 Å². The van der Waals surface area contributed by atoms with Crippen LogP contribution in [0.5, 0.6) is 0 Å². The molecule has 0 N–H and O–H groups in total. The molecule has 0 aromatic carbocycles. The lowest BCUT2D eigenvalue weighted by atomic mass is 9.82. The lowest BCUT2D eigenvalue weighted by molar-refractivity contribution is -0.144. The van der Waals surface area contributed by atoms with Crippen molar-refractivity contribution in [2.45, 2.75) is 6.42 Å². The van der Waals surface area contributed by atoms with E-state index in [-0.39, 0.29) is 17.8 Å². The van der Waals surface area contributed by atoms with Crippen LogP contribution in [0.1, 0.15) is 6.42 Å². The van der Waals surface area contributed by atoms with E-state index in [9.17, 15) is 4.79 Å². The normalized spacial score (nSPS) is 32.3. The van der Waals surface area contributed by atoms with E-state index in [4.69, 9.17) is 9.47 Å². The van der Waals surface area contributed by atoms with Crippen molar-refractivity contribution in [1.29, 1.82) is 0 Å². The number of esters is 1. The van der Waals surface area contributed by atoms with Crippen molar-refractivity contribution in [3.05, 3.63) is 24.5 Å². The molecule has 0 unspecified atom stereocenters. The minimum atomic E-state index is -0.234. The SMILES string of the molecule is C=C[C@@H]1COC=C2C(=O)OCC[C@@H]21. The highest BCUT2D eigenvalue weighted by Crippen LogP contribution is 2.33. The summed E-state index contributed by atoms with van der Waals surface area (Å²) in [6, 6.07) is 0. The second-order valence-electron chi connectivity index (χ2n) is 3.34. The summed E-state index contributed by atoms with van der Waals surface area (Å²) in [5.74, 6) is 0.281. The highest BCUT2D eigenvalue weighted by Gasteiger charge is 2.35. The van der Waals surface area contributed by atoms with E-state index in [1.807, 2.05) is 6.08 Å². The number of fused-ring (bicyclic) bond motifs is 1. The van der Waals surface area contributed by atoms with Gasteiger partial charge in [0.1, 0.15) is 0 Å². The van der Waals surface area contributed by atoms with Crippen LogP contribution in [0, 0.1) is 11.8 Å². The van der Waals surface area contributed by atoms with Crippen LogP contribution in [-0.4, -0.2) is 19.2 Å². The first kappa shape index (κ1) is 8.35. The lowest BCUT2D eigenvalue weighted by Gasteiger charge is -2.32. The standard InChI is InChI=1S/C10H12O3/c1-2-7-5-12-6-9-8(7)3-4-13-10(9)11/h2,6-8H,1,3-5H2/t7-,8-/m1/s1. The van der Waals surface area contributed by atoms with Crippen LogP contribution in [0.15, 0.2) is 24.5 Å². The van der Waals surface area contributed by atoms with Gasteiger partial charge in [-0.05, 0) is 6.42 Å². The first-order valence-corrected chi connectivity index (χ1v) is 4.44. The minimum Gasteiger partial charge on any atom is -0.500 e. The Morgan fingerprint density at radius 3 is 3.23 bits per heavy atom. The van der Waals surface area contributed by atoms with E-state index in [2.05, 4.69) is 6.58 Å². The van der Waals surface area contributed by atoms with Crippen molar-refractivity contribution in [2.24, 2.45) is 11.8 Å². The second-order valence-corrected chi connectivity index (χ2v) is 3.34. The number of carbonyl (C=O) groups is 1. The van der Waals surface area contributed by atoms with Crippen LogP contribution >= 0.6 is 0 Å². The molecule has 0 spiro atoms. The largest absolute Gasteiger partial charge is 0.500 e. The third kappa shape index (κ3) is 1.34. The highest BCUT2D eigenvalue weighted by molar-refractivity contribution is 5.89. The molecule has 0 aliphatic carbocycles. The summed E-state index contributed by atoms with van der Waals surface area (Å²) < 4.78 is 10.1. The molecule has 0 aromatic heterocycles. The maximum absolute atomic E-state index is 11.3. The van der Waals surface area contributed by atoms with Crippen molar-refractivity contribution in [1.82, 2.24) is 0 Å². The summed E-state index contributed by atoms with van der Waals surface area (Å²) in [4.78, 5) is 11.3. The number of carbonyl (C=O) groups excluding carboxylic acids is 1. The zero-order chi connectivity index (χ0) is 9.26. The predicted octanol–water partition coefficient (Wildman–Crippen LogP) is 1.27. The average Bonchev–Trinajstić information content (AvgIpc) is 2.18. The third-order valence-electron chi connectivity index (χ3n) is 2.62. The van der Waals surface area contributed by atoms with Gasteiger partial charge in [0.05, 0.1) is 25.0 Å². The molecule has 13 heavy (non-hydrogen) atoms. The summed E-state index contributed by atoms with van der Waals surface area (Å²) in [5, 5.41) is 0. The maximum Gasteiger partial charge on any atom is 0.337 e.